The zero-order valence-corrected chi connectivity index (χ0v) is 43.6. The van der Waals surface area contributed by atoms with Crippen molar-refractivity contribution < 1.29 is 28.6 Å². The molecule has 0 aliphatic carbocycles. The summed E-state index contributed by atoms with van der Waals surface area (Å²) in [4.78, 5) is 38.0. The van der Waals surface area contributed by atoms with Crippen molar-refractivity contribution in [2.45, 2.75) is 226 Å². The predicted molar refractivity (Wildman–Crippen MR) is 292 cm³/mol. The summed E-state index contributed by atoms with van der Waals surface area (Å²) >= 11 is 0. The van der Waals surface area contributed by atoms with Crippen LogP contribution in [0.1, 0.15) is 220 Å². The Kier molecular flexibility index (Phi) is 51.5. The summed E-state index contributed by atoms with van der Waals surface area (Å²) in [5.74, 6) is -1.10. The Morgan fingerprint density at radius 3 is 0.985 bits per heavy atom. The fraction of sp³-hybridized carbons (Fsp3) is 0.597. The third-order valence-corrected chi connectivity index (χ3v) is 10.9. The van der Waals surface area contributed by atoms with Crippen molar-refractivity contribution in [3.8, 4) is 0 Å². The van der Waals surface area contributed by atoms with Crippen LogP contribution in [0.25, 0.3) is 0 Å². The molecule has 0 bridgehead atoms. The van der Waals surface area contributed by atoms with E-state index in [-0.39, 0.29) is 31.6 Å². The molecule has 0 rings (SSSR count). The fourth-order valence-electron chi connectivity index (χ4n) is 6.89. The standard InChI is InChI=1S/C62H98O6/c1-4-7-10-13-16-19-22-25-28-29-30-31-32-33-35-37-40-43-46-49-52-55-61(64)67-58-59(57-66-60(63)54-51-48-45-42-39-36-27-24-21-18-15-12-9-6-3)68-62(65)56-53-50-47-44-41-38-34-26-23-20-17-14-11-8-5-2/h7-8,10-11,16-17,19-20,24-28,30-31,33-35,41,44,50,53,59H,4-6,9,12-15,18,21-23,29,32,36-40,42-43,45-49,51-52,54-58H2,1-3H3/b10-7-,11-8-,19-16-,20-17-,27-24-,28-25-,31-30-,34-26-,35-33-,44-41-,53-50-. The molecule has 0 N–H and O–H groups in total. The molecule has 6 nitrogen and oxygen atoms in total. The molecule has 0 spiro atoms. The van der Waals surface area contributed by atoms with Crippen LogP contribution in [0, 0.1) is 0 Å². The summed E-state index contributed by atoms with van der Waals surface area (Å²) in [5, 5.41) is 0. The lowest BCUT2D eigenvalue weighted by atomic mass is 10.1. The molecule has 0 saturated carbocycles. The maximum Gasteiger partial charge on any atom is 0.310 e. The fourth-order valence-corrected chi connectivity index (χ4v) is 6.89. The van der Waals surface area contributed by atoms with Crippen LogP contribution in [-0.4, -0.2) is 37.2 Å². The van der Waals surface area contributed by atoms with Crippen LogP contribution in [0.3, 0.4) is 0 Å². The lowest BCUT2D eigenvalue weighted by Crippen LogP contribution is -2.30. The topological polar surface area (TPSA) is 78.9 Å². The largest absolute Gasteiger partial charge is 0.462 e. The monoisotopic (exact) mass is 939 g/mol. The Bertz CT molecular complexity index is 1500. The molecule has 0 aromatic carbocycles. The maximum absolute atomic E-state index is 12.8. The van der Waals surface area contributed by atoms with E-state index in [0.717, 1.165) is 128 Å². The van der Waals surface area contributed by atoms with Gasteiger partial charge in [-0.1, -0.05) is 219 Å². The van der Waals surface area contributed by atoms with Crippen LogP contribution in [0.15, 0.2) is 134 Å². The highest BCUT2D eigenvalue weighted by Crippen LogP contribution is 2.12. The van der Waals surface area contributed by atoms with Crippen molar-refractivity contribution >= 4 is 17.9 Å². The summed E-state index contributed by atoms with van der Waals surface area (Å²) in [5.41, 5.74) is 0. The van der Waals surface area contributed by atoms with Gasteiger partial charge in [0, 0.05) is 12.8 Å². The molecular formula is C62H98O6. The van der Waals surface area contributed by atoms with Crippen molar-refractivity contribution in [1.82, 2.24) is 0 Å². The molecule has 0 heterocycles. The second-order valence-corrected chi connectivity index (χ2v) is 17.4. The van der Waals surface area contributed by atoms with E-state index in [2.05, 4.69) is 142 Å². The molecule has 0 aliphatic rings. The average Bonchev–Trinajstić information content (AvgIpc) is 3.34. The first-order chi connectivity index (χ1) is 33.5. The summed E-state index contributed by atoms with van der Waals surface area (Å²) in [6, 6.07) is 0. The van der Waals surface area contributed by atoms with Crippen molar-refractivity contribution in [2.24, 2.45) is 0 Å². The van der Waals surface area contributed by atoms with Gasteiger partial charge < -0.3 is 14.2 Å². The Morgan fingerprint density at radius 1 is 0.324 bits per heavy atom. The summed E-state index contributed by atoms with van der Waals surface area (Å²) in [7, 11) is 0. The molecule has 0 radical (unpaired) electrons. The summed E-state index contributed by atoms with van der Waals surface area (Å²) in [6.45, 7) is 6.28. The van der Waals surface area contributed by atoms with Gasteiger partial charge in [-0.3, -0.25) is 14.4 Å². The summed E-state index contributed by atoms with van der Waals surface area (Å²) in [6.07, 6.45) is 77.5. The Morgan fingerprint density at radius 2 is 0.618 bits per heavy atom. The van der Waals surface area contributed by atoms with Crippen LogP contribution in [0.2, 0.25) is 0 Å². The van der Waals surface area contributed by atoms with E-state index >= 15 is 0 Å². The van der Waals surface area contributed by atoms with Crippen LogP contribution in [0.5, 0.6) is 0 Å². The van der Waals surface area contributed by atoms with E-state index < -0.39 is 12.1 Å². The quantitative estimate of drug-likeness (QED) is 0.0262. The van der Waals surface area contributed by atoms with E-state index in [0.29, 0.717) is 19.3 Å². The SMILES string of the molecule is CC/C=C\C/C=C\C/C=C\C/C=C\C/C=C\CCCCCCCC(=O)OCC(COC(=O)CCCCCCC/C=C\CCCCCCC)OC(=O)C/C=C\C/C=C\C/C=C\C/C=C\C/C=C\CC. The minimum Gasteiger partial charge on any atom is -0.462 e. The zero-order valence-electron chi connectivity index (χ0n) is 43.6. The van der Waals surface area contributed by atoms with Crippen LogP contribution in [-0.2, 0) is 28.6 Å². The molecule has 382 valence electrons. The van der Waals surface area contributed by atoms with E-state index in [1.807, 2.05) is 6.08 Å². The molecule has 0 amide bonds. The van der Waals surface area contributed by atoms with E-state index in [1.54, 1.807) is 6.08 Å². The molecule has 0 aliphatic heterocycles. The predicted octanol–water partition coefficient (Wildman–Crippen LogP) is 18.3. The van der Waals surface area contributed by atoms with Crippen LogP contribution in [0.4, 0.5) is 0 Å². The minimum absolute atomic E-state index is 0.0852. The van der Waals surface area contributed by atoms with Gasteiger partial charge in [-0.2, -0.15) is 0 Å². The third kappa shape index (κ3) is 52.5. The number of esters is 3. The number of carbonyl (C=O) groups excluding carboxylic acids is 3. The minimum atomic E-state index is -0.849. The van der Waals surface area contributed by atoms with Gasteiger partial charge >= 0.3 is 17.9 Å². The number of rotatable bonds is 47. The lowest BCUT2D eigenvalue weighted by molar-refractivity contribution is -0.166. The second-order valence-electron chi connectivity index (χ2n) is 17.4. The summed E-state index contributed by atoms with van der Waals surface area (Å²) < 4.78 is 16.7. The highest BCUT2D eigenvalue weighted by atomic mass is 16.6. The van der Waals surface area contributed by atoms with Gasteiger partial charge in [0.05, 0.1) is 6.42 Å². The molecule has 1 unspecified atom stereocenters. The van der Waals surface area contributed by atoms with Gasteiger partial charge in [0.25, 0.3) is 0 Å². The van der Waals surface area contributed by atoms with Gasteiger partial charge in [0.1, 0.15) is 13.2 Å². The highest BCUT2D eigenvalue weighted by molar-refractivity contribution is 5.72. The van der Waals surface area contributed by atoms with Crippen molar-refractivity contribution in [1.29, 1.82) is 0 Å². The zero-order chi connectivity index (χ0) is 49.3. The van der Waals surface area contributed by atoms with E-state index in [9.17, 15) is 14.4 Å². The molecule has 68 heavy (non-hydrogen) atoms. The number of ether oxygens (including phenoxy) is 3. The van der Waals surface area contributed by atoms with Gasteiger partial charge in [0.2, 0.25) is 0 Å². The van der Waals surface area contributed by atoms with Gasteiger partial charge in [-0.15, -0.1) is 0 Å². The van der Waals surface area contributed by atoms with E-state index in [1.165, 1.54) is 44.9 Å². The van der Waals surface area contributed by atoms with Crippen LogP contribution < -0.4 is 0 Å². The molecule has 0 fully saturated rings. The smallest absolute Gasteiger partial charge is 0.310 e. The average molecular weight is 939 g/mol. The Hall–Kier alpha value is -4.45. The van der Waals surface area contributed by atoms with Crippen molar-refractivity contribution in [3.63, 3.8) is 0 Å². The molecule has 0 aromatic heterocycles. The number of hydrogen-bond donors (Lipinski definition) is 0. The van der Waals surface area contributed by atoms with Gasteiger partial charge in [0.15, 0.2) is 6.10 Å². The Labute approximate surface area is 417 Å². The number of carbonyl (C=O) groups is 3. The van der Waals surface area contributed by atoms with Crippen LogP contribution >= 0.6 is 0 Å². The normalized spacial score (nSPS) is 13.2. The first-order valence-electron chi connectivity index (χ1n) is 27.2. The molecular weight excluding hydrogens is 841 g/mol. The highest BCUT2D eigenvalue weighted by Gasteiger charge is 2.19. The second kappa shape index (κ2) is 55.1. The van der Waals surface area contributed by atoms with Crippen molar-refractivity contribution in [3.05, 3.63) is 134 Å². The molecule has 1 atom stereocenters. The van der Waals surface area contributed by atoms with Gasteiger partial charge in [-0.05, 0) is 116 Å². The number of unbranched alkanes of at least 4 members (excludes halogenated alkanes) is 15. The Balaban J connectivity index is 4.54. The first-order valence-corrected chi connectivity index (χ1v) is 27.2. The van der Waals surface area contributed by atoms with E-state index in [4.69, 9.17) is 14.2 Å². The van der Waals surface area contributed by atoms with Gasteiger partial charge in [-0.25, -0.2) is 0 Å². The number of hydrogen-bond acceptors (Lipinski definition) is 6. The number of allylic oxidation sites excluding steroid dienone is 21. The third-order valence-electron chi connectivity index (χ3n) is 10.9. The molecule has 6 heteroatoms. The lowest BCUT2D eigenvalue weighted by Gasteiger charge is -2.18. The van der Waals surface area contributed by atoms with Crippen molar-refractivity contribution in [2.75, 3.05) is 13.2 Å². The molecule has 0 aromatic rings. The molecule has 0 saturated heterocycles. The maximum atomic E-state index is 12.8. The first kappa shape index (κ1) is 63.5.